The fourth-order valence-corrected chi connectivity index (χ4v) is 1.41. The highest BCUT2D eigenvalue weighted by Crippen LogP contribution is 2.07. The number of primary amides is 1. The minimum Gasteiger partial charge on any atom is -0.396 e. The molecule has 2 atom stereocenters. The normalized spacial score (nSPS) is 15.5. The van der Waals surface area contributed by atoms with E-state index in [1.165, 1.54) is 0 Å². The van der Waals surface area contributed by atoms with Crippen molar-refractivity contribution < 1.29 is 9.90 Å². The number of amides is 1. The van der Waals surface area contributed by atoms with Gasteiger partial charge in [-0.3, -0.25) is 4.79 Å². The van der Waals surface area contributed by atoms with Crippen LogP contribution >= 0.6 is 0 Å². The van der Waals surface area contributed by atoms with E-state index in [4.69, 9.17) is 10.8 Å². The Morgan fingerprint density at radius 2 is 2.07 bits per heavy atom. The molecule has 0 aliphatic rings. The minimum absolute atomic E-state index is 0.130. The average molecular weight is 202 g/mol. The first-order valence-corrected chi connectivity index (χ1v) is 5.19. The van der Waals surface area contributed by atoms with Gasteiger partial charge in [-0.05, 0) is 18.8 Å². The lowest BCUT2D eigenvalue weighted by atomic mass is 9.99. The van der Waals surface area contributed by atoms with E-state index < -0.39 is 0 Å². The number of carbonyl (C=O) groups is 1. The molecule has 0 aromatic carbocycles. The van der Waals surface area contributed by atoms with E-state index >= 15 is 0 Å². The molecule has 1 amide bonds. The molecule has 0 saturated carbocycles. The number of aliphatic hydroxyl groups excluding tert-OH is 1. The molecule has 4 N–H and O–H groups in total. The zero-order chi connectivity index (χ0) is 11.1. The Morgan fingerprint density at radius 1 is 1.50 bits per heavy atom. The summed E-state index contributed by atoms with van der Waals surface area (Å²) in [6.07, 6.45) is 1.34. The molecule has 0 heterocycles. The topological polar surface area (TPSA) is 75.3 Å². The van der Waals surface area contributed by atoms with Crippen LogP contribution < -0.4 is 11.1 Å². The maximum Gasteiger partial charge on any atom is 0.234 e. The Morgan fingerprint density at radius 3 is 2.36 bits per heavy atom. The Balaban J connectivity index is 4.18. The minimum atomic E-state index is -0.323. The third kappa shape index (κ3) is 4.58. The molecule has 0 aliphatic heterocycles. The van der Waals surface area contributed by atoms with E-state index in [1.54, 1.807) is 0 Å². The Hall–Kier alpha value is -0.610. The van der Waals surface area contributed by atoms with Crippen molar-refractivity contribution in [2.75, 3.05) is 6.61 Å². The quantitative estimate of drug-likeness (QED) is 0.554. The lowest BCUT2D eigenvalue weighted by Gasteiger charge is -2.25. The first-order valence-electron chi connectivity index (χ1n) is 5.19. The van der Waals surface area contributed by atoms with Gasteiger partial charge in [-0.25, -0.2) is 0 Å². The standard InChI is InChI=1S/C10H22N2O2/c1-4-8(10(11)14)12-9(5-6-13)7(2)3/h7-9,12-13H,4-6H2,1-3H3,(H2,11,14). The van der Waals surface area contributed by atoms with Crippen molar-refractivity contribution in [3.63, 3.8) is 0 Å². The van der Waals surface area contributed by atoms with Gasteiger partial charge in [0, 0.05) is 12.6 Å². The van der Waals surface area contributed by atoms with Crippen molar-refractivity contribution in [3.8, 4) is 0 Å². The second-order valence-electron chi connectivity index (χ2n) is 3.89. The SMILES string of the molecule is CCC(NC(CCO)C(C)C)C(N)=O. The van der Waals surface area contributed by atoms with Gasteiger partial charge in [0.1, 0.15) is 0 Å². The van der Waals surface area contributed by atoms with Crippen molar-refractivity contribution >= 4 is 5.91 Å². The van der Waals surface area contributed by atoms with Crippen LogP contribution in [0, 0.1) is 5.92 Å². The summed E-state index contributed by atoms with van der Waals surface area (Å²) in [6, 6.07) is -0.133. The van der Waals surface area contributed by atoms with Crippen molar-refractivity contribution in [1.82, 2.24) is 5.32 Å². The van der Waals surface area contributed by atoms with Crippen molar-refractivity contribution in [1.29, 1.82) is 0 Å². The maximum absolute atomic E-state index is 11.0. The fraction of sp³-hybridized carbons (Fsp3) is 0.900. The van der Waals surface area contributed by atoms with Gasteiger partial charge in [0.2, 0.25) is 5.91 Å². The highest BCUT2D eigenvalue weighted by molar-refractivity contribution is 5.79. The van der Waals surface area contributed by atoms with Crippen LogP contribution in [-0.4, -0.2) is 29.7 Å². The van der Waals surface area contributed by atoms with E-state index in [-0.39, 0.29) is 24.6 Å². The molecule has 14 heavy (non-hydrogen) atoms. The highest BCUT2D eigenvalue weighted by Gasteiger charge is 2.19. The summed E-state index contributed by atoms with van der Waals surface area (Å²) in [6.45, 7) is 6.16. The lowest BCUT2D eigenvalue weighted by Crippen LogP contribution is -2.48. The molecular weight excluding hydrogens is 180 g/mol. The summed E-state index contributed by atoms with van der Waals surface area (Å²) in [5.41, 5.74) is 5.23. The summed E-state index contributed by atoms with van der Waals surface area (Å²) in [5.74, 6) is 0.0617. The first kappa shape index (κ1) is 13.4. The van der Waals surface area contributed by atoms with Crippen LogP contribution in [0.5, 0.6) is 0 Å². The third-order valence-electron chi connectivity index (χ3n) is 2.41. The zero-order valence-electron chi connectivity index (χ0n) is 9.29. The van der Waals surface area contributed by atoms with Crippen molar-refractivity contribution in [3.05, 3.63) is 0 Å². The largest absolute Gasteiger partial charge is 0.396 e. The zero-order valence-corrected chi connectivity index (χ0v) is 9.29. The third-order valence-corrected chi connectivity index (χ3v) is 2.41. The first-order chi connectivity index (χ1) is 6.52. The number of hydrogen-bond acceptors (Lipinski definition) is 3. The maximum atomic E-state index is 11.0. The van der Waals surface area contributed by atoms with Gasteiger partial charge in [-0.1, -0.05) is 20.8 Å². The Bertz CT molecular complexity index is 172. The van der Waals surface area contributed by atoms with Crippen LogP contribution in [0.15, 0.2) is 0 Å². The second-order valence-corrected chi connectivity index (χ2v) is 3.89. The molecule has 4 nitrogen and oxygen atoms in total. The molecule has 0 fully saturated rings. The van der Waals surface area contributed by atoms with E-state index in [0.29, 0.717) is 18.8 Å². The van der Waals surface area contributed by atoms with Gasteiger partial charge in [0.15, 0.2) is 0 Å². The summed E-state index contributed by atoms with van der Waals surface area (Å²) in [7, 11) is 0. The molecule has 0 aliphatic carbocycles. The Labute approximate surface area is 85.9 Å². The van der Waals surface area contributed by atoms with Crippen LogP contribution in [0.2, 0.25) is 0 Å². The Kier molecular flexibility index (Phi) is 6.49. The van der Waals surface area contributed by atoms with Gasteiger partial charge in [-0.15, -0.1) is 0 Å². The number of nitrogens with two attached hydrogens (primary N) is 1. The van der Waals surface area contributed by atoms with Crippen molar-refractivity contribution in [2.45, 2.75) is 45.7 Å². The van der Waals surface area contributed by atoms with Crippen LogP contribution in [0.3, 0.4) is 0 Å². The van der Waals surface area contributed by atoms with Crippen LogP contribution in [0.25, 0.3) is 0 Å². The smallest absolute Gasteiger partial charge is 0.234 e. The van der Waals surface area contributed by atoms with Gasteiger partial charge < -0.3 is 16.2 Å². The molecule has 4 heteroatoms. The summed E-state index contributed by atoms with van der Waals surface area (Å²) < 4.78 is 0. The molecule has 0 bridgehead atoms. The molecule has 0 spiro atoms. The number of aliphatic hydroxyl groups is 1. The van der Waals surface area contributed by atoms with E-state index in [2.05, 4.69) is 19.2 Å². The van der Waals surface area contributed by atoms with Gasteiger partial charge in [-0.2, -0.15) is 0 Å². The van der Waals surface area contributed by atoms with E-state index in [0.717, 1.165) is 0 Å². The van der Waals surface area contributed by atoms with Crippen LogP contribution in [0.1, 0.15) is 33.6 Å². The molecule has 0 rings (SSSR count). The number of carbonyl (C=O) groups excluding carboxylic acids is 1. The summed E-state index contributed by atoms with van der Waals surface area (Å²) in [4.78, 5) is 11.0. The van der Waals surface area contributed by atoms with Gasteiger partial charge >= 0.3 is 0 Å². The molecule has 0 radical (unpaired) electrons. The van der Waals surface area contributed by atoms with E-state index in [1.807, 2.05) is 6.92 Å². The molecular formula is C10H22N2O2. The van der Waals surface area contributed by atoms with Crippen LogP contribution in [-0.2, 0) is 4.79 Å². The van der Waals surface area contributed by atoms with Crippen molar-refractivity contribution in [2.24, 2.45) is 11.7 Å². The predicted octanol–water partition coefficient (Wildman–Crippen LogP) is 0.247. The van der Waals surface area contributed by atoms with Crippen LogP contribution in [0.4, 0.5) is 0 Å². The summed E-state index contributed by atoms with van der Waals surface area (Å²) >= 11 is 0. The molecule has 0 aromatic heterocycles. The average Bonchev–Trinajstić information content (AvgIpc) is 2.11. The number of rotatable bonds is 7. The molecule has 0 aromatic rings. The fourth-order valence-electron chi connectivity index (χ4n) is 1.41. The highest BCUT2D eigenvalue weighted by atomic mass is 16.3. The van der Waals surface area contributed by atoms with Gasteiger partial charge in [0.05, 0.1) is 6.04 Å². The second kappa shape index (κ2) is 6.79. The summed E-state index contributed by atoms with van der Waals surface area (Å²) in [5, 5.41) is 12.0. The molecule has 84 valence electrons. The number of hydrogen-bond donors (Lipinski definition) is 3. The lowest BCUT2D eigenvalue weighted by molar-refractivity contribution is -0.120. The molecule has 0 saturated heterocycles. The van der Waals surface area contributed by atoms with Gasteiger partial charge in [0.25, 0.3) is 0 Å². The predicted molar refractivity (Wildman–Crippen MR) is 56.7 cm³/mol. The van der Waals surface area contributed by atoms with E-state index in [9.17, 15) is 4.79 Å². The monoisotopic (exact) mass is 202 g/mol. The number of nitrogens with one attached hydrogen (secondary N) is 1. The molecule has 2 unspecified atom stereocenters.